The summed E-state index contributed by atoms with van der Waals surface area (Å²) in [5.74, 6) is -1.99. The molecule has 2 heterocycles. The fourth-order valence-electron chi connectivity index (χ4n) is 2.61. The molecule has 1 saturated heterocycles. The third kappa shape index (κ3) is 2.98. The minimum absolute atomic E-state index is 0.0984. The number of morpholine rings is 1. The van der Waals surface area contributed by atoms with E-state index in [0.29, 0.717) is 37.7 Å². The average molecular weight is 297 g/mol. The highest BCUT2D eigenvalue weighted by Crippen LogP contribution is 2.31. The number of nitrogens with zero attached hydrogens (tertiary/aromatic N) is 2. The molecule has 0 unspecified atom stereocenters. The van der Waals surface area contributed by atoms with E-state index < -0.39 is 11.6 Å². The molecule has 1 fully saturated rings. The van der Waals surface area contributed by atoms with Crippen molar-refractivity contribution in [2.75, 3.05) is 56.2 Å². The van der Waals surface area contributed by atoms with Gasteiger partial charge in [0, 0.05) is 38.3 Å². The van der Waals surface area contributed by atoms with Crippen LogP contribution in [0.15, 0.2) is 12.1 Å². The highest BCUT2D eigenvalue weighted by atomic mass is 19.2. The molecule has 2 aliphatic heterocycles. The van der Waals surface area contributed by atoms with E-state index in [1.165, 1.54) is 4.90 Å². The van der Waals surface area contributed by atoms with Gasteiger partial charge in [0.1, 0.15) is 0 Å². The van der Waals surface area contributed by atoms with E-state index in [9.17, 15) is 13.6 Å². The van der Waals surface area contributed by atoms with Crippen LogP contribution in [0.5, 0.6) is 0 Å². The van der Waals surface area contributed by atoms with E-state index in [2.05, 4.69) is 10.2 Å². The van der Waals surface area contributed by atoms with Gasteiger partial charge in [-0.3, -0.25) is 9.69 Å². The van der Waals surface area contributed by atoms with Gasteiger partial charge >= 0.3 is 0 Å². The molecule has 1 amide bonds. The topological polar surface area (TPSA) is 44.8 Å². The van der Waals surface area contributed by atoms with Crippen LogP contribution in [0.3, 0.4) is 0 Å². The Hall–Kier alpha value is -1.73. The summed E-state index contributed by atoms with van der Waals surface area (Å²) in [6.45, 7) is 4.26. The highest BCUT2D eigenvalue weighted by Gasteiger charge is 2.26. The number of fused-ring (bicyclic) bond motifs is 1. The fourth-order valence-corrected chi connectivity index (χ4v) is 2.61. The molecule has 0 atom stereocenters. The third-order valence-corrected chi connectivity index (χ3v) is 3.80. The Morgan fingerprint density at radius 3 is 2.62 bits per heavy atom. The van der Waals surface area contributed by atoms with Crippen LogP contribution >= 0.6 is 0 Å². The Morgan fingerprint density at radius 2 is 1.86 bits per heavy atom. The Kier molecular flexibility index (Phi) is 4.03. The zero-order valence-corrected chi connectivity index (χ0v) is 11.6. The molecule has 0 aliphatic carbocycles. The summed E-state index contributed by atoms with van der Waals surface area (Å²) in [6, 6.07) is 2.17. The zero-order chi connectivity index (χ0) is 14.8. The Morgan fingerprint density at radius 1 is 1.14 bits per heavy atom. The molecule has 2 aliphatic rings. The first-order chi connectivity index (χ1) is 10.1. The zero-order valence-electron chi connectivity index (χ0n) is 11.6. The Balaban J connectivity index is 1.75. The maximum Gasteiger partial charge on any atom is 0.246 e. The monoisotopic (exact) mass is 297 g/mol. The SMILES string of the molecule is O=C1CNc2cc(F)c(F)cc2N1CCN1CCOCC1. The second-order valence-corrected chi connectivity index (χ2v) is 5.14. The lowest BCUT2D eigenvalue weighted by Gasteiger charge is -2.33. The minimum Gasteiger partial charge on any atom is -0.379 e. The van der Waals surface area contributed by atoms with Crippen LogP contribution in [0.2, 0.25) is 0 Å². The number of carbonyl (C=O) groups excluding carboxylic acids is 1. The number of amides is 1. The summed E-state index contributed by atoms with van der Waals surface area (Å²) >= 11 is 0. The molecule has 7 heteroatoms. The normalized spacial score (nSPS) is 19.3. The fraction of sp³-hybridized carbons (Fsp3) is 0.500. The quantitative estimate of drug-likeness (QED) is 0.906. The second kappa shape index (κ2) is 5.95. The van der Waals surface area contributed by atoms with Crippen molar-refractivity contribution in [1.29, 1.82) is 0 Å². The van der Waals surface area contributed by atoms with Gasteiger partial charge in [0.2, 0.25) is 5.91 Å². The maximum atomic E-state index is 13.4. The van der Waals surface area contributed by atoms with Gasteiger partial charge in [-0.25, -0.2) is 8.78 Å². The molecule has 114 valence electrons. The van der Waals surface area contributed by atoms with E-state index >= 15 is 0 Å². The van der Waals surface area contributed by atoms with Crippen molar-refractivity contribution in [3.63, 3.8) is 0 Å². The molecule has 1 aromatic rings. The lowest BCUT2D eigenvalue weighted by atomic mass is 10.1. The molecule has 5 nitrogen and oxygen atoms in total. The van der Waals surface area contributed by atoms with E-state index in [4.69, 9.17) is 4.74 Å². The molecule has 0 saturated carbocycles. The molecule has 3 rings (SSSR count). The van der Waals surface area contributed by atoms with Gasteiger partial charge in [-0.1, -0.05) is 0 Å². The van der Waals surface area contributed by atoms with Crippen LogP contribution in [-0.2, 0) is 9.53 Å². The summed E-state index contributed by atoms with van der Waals surface area (Å²) < 4.78 is 32.0. The number of rotatable bonds is 3. The van der Waals surface area contributed by atoms with Crippen molar-refractivity contribution in [3.8, 4) is 0 Å². The number of hydrogen-bond acceptors (Lipinski definition) is 4. The molecular weight excluding hydrogens is 280 g/mol. The number of ether oxygens (including phenoxy) is 1. The lowest BCUT2D eigenvalue weighted by molar-refractivity contribution is -0.117. The number of hydrogen-bond donors (Lipinski definition) is 1. The van der Waals surface area contributed by atoms with Gasteiger partial charge in [-0.05, 0) is 0 Å². The van der Waals surface area contributed by atoms with Gasteiger partial charge in [0.05, 0.1) is 31.1 Å². The first-order valence-electron chi connectivity index (χ1n) is 6.98. The van der Waals surface area contributed by atoms with E-state index in [-0.39, 0.29) is 12.5 Å². The minimum atomic E-state index is -0.943. The Labute approximate surface area is 121 Å². The predicted octanol–water partition coefficient (Wildman–Crippen LogP) is 1.06. The third-order valence-electron chi connectivity index (χ3n) is 3.80. The van der Waals surface area contributed by atoms with Gasteiger partial charge in [-0.15, -0.1) is 0 Å². The molecule has 0 spiro atoms. The van der Waals surface area contributed by atoms with Crippen molar-refractivity contribution in [2.45, 2.75) is 0 Å². The second-order valence-electron chi connectivity index (χ2n) is 5.14. The summed E-state index contributed by atoms with van der Waals surface area (Å²) in [4.78, 5) is 15.7. The molecule has 1 N–H and O–H groups in total. The number of halogens is 2. The molecule has 0 aromatic heterocycles. The maximum absolute atomic E-state index is 13.4. The van der Waals surface area contributed by atoms with Crippen LogP contribution in [0.4, 0.5) is 20.2 Å². The van der Waals surface area contributed by atoms with E-state index in [0.717, 1.165) is 25.2 Å². The van der Waals surface area contributed by atoms with Crippen molar-refractivity contribution in [3.05, 3.63) is 23.8 Å². The van der Waals surface area contributed by atoms with Gasteiger partial charge in [0.15, 0.2) is 11.6 Å². The molecular formula is C14H17F2N3O2. The van der Waals surface area contributed by atoms with Gasteiger partial charge in [0.25, 0.3) is 0 Å². The standard InChI is InChI=1S/C14H17F2N3O2/c15-10-7-12-13(8-11(10)16)19(14(20)9-17-12)2-1-18-3-5-21-6-4-18/h7-8,17H,1-6,9H2. The van der Waals surface area contributed by atoms with Crippen LogP contribution in [0.1, 0.15) is 0 Å². The largest absolute Gasteiger partial charge is 0.379 e. The summed E-state index contributed by atoms with van der Waals surface area (Å²) in [7, 11) is 0. The smallest absolute Gasteiger partial charge is 0.246 e. The van der Waals surface area contributed by atoms with Crippen LogP contribution in [0.25, 0.3) is 0 Å². The molecule has 21 heavy (non-hydrogen) atoms. The number of carbonyl (C=O) groups is 1. The van der Waals surface area contributed by atoms with E-state index in [1.54, 1.807) is 0 Å². The first kappa shape index (κ1) is 14.2. The molecule has 0 bridgehead atoms. The average Bonchev–Trinajstić information content (AvgIpc) is 2.49. The van der Waals surface area contributed by atoms with Gasteiger partial charge in [-0.2, -0.15) is 0 Å². The molecule has 0 radical (unpaired) electrons. The predicted molar refractivity (Wildman–Crippen MR) is 74.5 cm³/mol. The number of benzene rings is 1. The van der Waals surface area contributed by atoms with Crippen molar-refractivity contribution in [2.24, 2.45) is 0 Å². The lowest BCUT2D eigenvalue weighted by Crippen LogP contribution is -2.46. The highest BCUT2D eigenvalue weighted by molar-refractivity contribution is 6.02. The number of anilines is 2. The first-order valence-corrected chi connectivity index (χ1v) is 6.98. The van der Waals surface area contributed by atoms with E-state index in [1.807, 2.05) is 0 Å². The van der Waals surface area contributed by atoms with Crippen LogP contribution in [-0.4, -0.2) is 56.7 Å². The van der Waals surface area contributed by atoms with Crippen LogP contribution < -0.4 is 10.2 Å². The van der Waals surface area contributed by atoms with Gasteiger partial charge < -0.3 is 15.0 Å². The Bertz CT molecular complexity index is 547. The summed E-state index contributed by atoms with van der Waals surface area (Å²) in [5, 5.41) is 2.82. The van der Waals surface area contributed by atoms with Crippen molar-refractivity contribution in [1.82, 2.24) is 4.90 Å². The summed E-state index contributed by atoms with van der Waals surface area (Å²) in [6.07, 6.45) is 0. The number of nitrogens with one attached hydrogen (secondary N) is 1. The van der Waals surface area contributed by atoms with Crippen molar-refractivity contribution >= 4 is 17.3 Å². The summed E-state index contributed by atoms with van der Waals surface area (Å²) in [5.41, 5.74) is 0.855. The molecule has 1 aromatic carbocycles. The van der Waals surface area contributed by atoms with Crippen LogP contribution in [0, 0.1) is 11.6 Å². The van der Waals surface area contributed by atoms with Crippen molar-refractivity contribution < 1.29 is 18.3 Å².